The van der Waals surface area contributed by atoms with Crippen LogP contribution in [0.3, 0.4) is 0 Å². The SMILES string of the molecule is Cc1cnc(Nc2cnn(C3CC3)c2)nc1-c1ccc(C(=O)O)cc1. The van der Waals surface area contributed by atoms with E-state index in [1.807, 2.05) is 17.8 Å². The molecule has 2 heterocycles. The molecule has 3 aromatic rings. The third-order valence-corrected chi connectivity index (χ3v) is 4.16. The molecule has 25 heavy (non-hydrogen) atoms. The average Bonchev–Trinajstić information content (AvgIpc) is 3.36. The number of hydrogen-bond donors (Lipinski definition) is 2. The molecule has 7 nitrogen and oxygen atoms in total. The zero-order chi connectivity index (χ0) is 17.4. The largest absolute Gasteiger partial charge is 0.478 e. The number of carboxylic acids is 1. The monoisotopic (exact) mass is 335 g/mol. The highest BCUT2D eigenvalue weighted by Gasteiger charge is 2.24. The van der Waals surface area contributed by atoms with Gasteiger partial charge in [-0.25, -0.2) is 14.8 Å². The minimum Gasteiger partial charge on any atom is -0.478 e. The highest BCUT2D eigenvalue weighted by molar-refractivity contribution is 5.88. The fourth-order valence-electron chi connectivity index (χ4n) is 2.64. The van der Waals surface area contributed by atoms with Crippen molar-refractivity contribution in [3.63, 3.8) is 0 Å². The summed E-state index contributed by atoms with van der Waals surface area (Å²) < 4.78 is 1.96. The summed E-state index contributed by atoms with van der Waals surface area (Å²) in [5.74, 6) is -0.459. The van der Waals surface area contributed by atoms with Crippen molar-refractivity contribution in [3.05, 3.63) is 54.0 Å². The number of aryl methyl sites for hydroxylation is 1. The number of hydrogen-bond acceptors (Lipinski definition) is 5. The number of carbonyl (C=O) groups is 1. The summed E-state index contributed by atoms with van der Waals surface area (Å²) in [7, 11) is 0. The molecule has 1 aliphatic rings. The van der Waals surface area contributed by atoms with Gasteiger partial charge in [-0.1, -0.05) is 12.1 Å². The standard InChI is InChI=1S/C18H17N5O2/c1-11-8-19-18(21-14-9-20-23(10-14)15-6-7-15)22-16(11)12-2-4-13(5-3-12)17(24)25/h2-5,8-10,15H,6-7H2,1H3,(H,24,25)(H,19,21,22). The molecule has 0 bridgehead atoms. The molecule has 1 aromatic carbocycles. The molecule has 0 atom stereocenters. The van der Waals surface area contributed by atoms with Gasteiger partial charge in [0.2, 0.25) is 5.95 Å². The van der Waals surface area contributed by atoms with Crippen LogP contribution in [0.15, 0.2) is 42.9 Å². The Morgan fingerprint density at radius 3 is 2.68 bits per heavy atom. The highest BCUT2D eigenvalue weighted by atomic mass is 16.4. The maximum absolute atomic E-state index is 11.0. The van der Waals surface area contributed by atoms with E-state index in [0.29, 0.717) is 12.0 Å². The van der Waals surface area contributed by atoms with Crippen molar-refractivity contribution < 1.29 is 9.90 Å². The molecule has 0 unspecified atom stereocenters. The second-order valence-electron chi connectivity index (χ2n) is 6.17. The molecule has 2 N–H and O–H groups in total. The van der Waals surface area contributed by atoms with E-state index in [9.17, 15) is 4.79 Å². The predicted molar refractivity (Wildman–Crippen MR) is 92.9 cm³/mol. The van der Waals surface area contributed by atoms with Gasteiger partial charge in [-0.05, 0) is 37.5 Å². The summed E-state index contributed by atoms with van der Waals surface area (Å²) >= 11 is 0. The molecule has 1 saturated carbocycles. The molecule has 1 fully saturated rings. The Balaban J connectivity index is 1.59. The van der Waals surface area contributed by atoms with Crippen LogP contribution in [0.2, 0.25) is 0 Å². The number of rotatable bonds is 5. The summed E-state index contributed by atoms with van der Waals surface area (Å²) in [6, 6.07) is 7.19. The first-order valence-electron chi connectivity index (χ1n) is 8.09. The van der Waals surface area contributed by atoms with Crippen molar-refractivity contribution in [2.45, 2.75) is 25.8 Å². The minimum atomic E-state index is -0.944. The van der Waals surface area contributed by atoms with Gasteiger partial charge in [0.25, 0.3) is 0 Å². The fourth-order valence-corrected chi connectivity index (χ4v) is 2.64. The van der Waals surface area contributed by atoms with Crippen molar-refractivity contribution in [1.29, 1.82) is 0 Å². The lowest BCUT2D eigenvalue weighted by Crippen LogP contribution is -2.00. The van der Waals surface area contributed by atoms with Crippen molar-refractivity contribution in [2.24, 2.45) is 0 Å². The first-order valence-corrected chi connectivity index (χ1v) is 8.09. The van der Waals surface area contributed by atoms with E-state index < -0.39 is 5.97 Å². The molecule has 1 aliphatic carbocycles. The molecule has 0 saturated heterocycles. The molecule has 0 aliphatic heterocycles. The van der Waals surface area contributed by atoms with E-state index in [1.165, 1.54) is 12.8 Å². The molecule has 126 valence electrons. The lowest BCUT2D eigenvalue weighted by molar-refractivity contribution is 0.0697. The van der Waals surface area contributed by atoms with Gasteiger partial charge in [-0.2, -0.15) is 5.10 Å². The topological polar surface area (TPSA) is 92.9 Å². The van der Waals surface area contributed by atoms with Gasteiger partial charge in [0.05, 0.1) is 29.2 Å². The van der Waals surface area contributed by atoms with Crippen molar-refractivity contribution in [1.82, 2.24) is 19.7 Å². The Morgan fingerprint density at radius 2 is 2.00 bits per heavy atom. The Kier molecular flexibility index (Phi) is 3.68. The Bertz CT molecular complexity index is 929. The first-order chi connectivity index (χ1) is 12.1. The number of nitrogens with zero attached hydrogens (tertiary/aromatic N) is 4. The number of nitrogens with one attached hydrogen (secondary N) is 1. The van der Waals surface area contributed by atoms with Gasteiger partial charge in [0.15, 0.2) is 0 Å². The third-order valence-electron chi connectivity index (χ3n) is 4.16. The lowest BCUT2D eigenvalue weighted by Gasteiger charge is -2.08. The van der Waals surface area contributed by atoms with Crippen LogP contribution in [0, 0.1) is 6.92 Å². The van der Waals surface area contributed by atoms with Crippen molar-refractivity contribution in [3.8, 4) is 11.3 Å². The summed E-state index contributed by atoms with van der Waals surface area (Å²) in [6.45, 7) is 1.93. The third kappa shape index (κ3) is 3.21. The maximum Gasteiger partial charge on any atom is 0.335 e. The van der Waals surface area contributed by atoms with E-state index in [2.05, 4.69) is 20.4 Å². The Hall–Kier alpha value is -3.22. The Morgan fingerprint density at radius 1 is 1.24 bits per heavy atom. The number of anilines is 2. The van der Waals surface area contributed by atoms with Crippen LogP contribution in [-0.2, 0) is 0 Å². The number of carboxylic acid groups (broad SMARTS) is 1. The van der Waals surface area contributed by atoms with Gasteiger partial charge < -0.3 is 10.4 Å². The van der Waals surface area contributed by atoms with Crippen LogP contribution in [0.4, 0.5) is 11.6 Å². The highest BCUT2D eigenvalue weighted by Crippen LogP contribution is 2.34. The van der Waals surface area contributed by atoms with Crippen molar-refractivity contribution >= 4 is 17.6 Å². The van der Waals surface area contributed by atoms with Crippen molar-refractivity contribution in [2.75, 3.05) is 5.32 Å². The van der Waals surface area contributed by atoms with Gasteiger partial charge >= 0.3 is 5.97 Å². The number of aromatic nitrogens is 4. The van der Waals surface area contributed by atoms with Crippen LogP contribution >= 0.6 is 0 Å². The molecular formula is C18H17N5O2. The van der Waals surface area contributed by atoms with E-state index in [1.54, 1.807) is 36.7 Å². The van der Waals surface area contributed by atoms with E-state index in [0.717, 1.165) is 22.5 Å². The predicted octanol–water partition coefficient (Wildman–Crippen LogP) is 3.43. The van der Waals surface area contributed by atoms with Crippen LogP contribution in [0.25, 0.3) is 11.3 Å². The number of aromatic carboxylic acids is 1. The second kappa shape index (κ2) is 6.01. The smallest absolute Gasteiger partial charge is 0.335 e. The molecule has 2 aromatic heterocycles. The molecule has 7 heteroatoms. The average molecular weight is 335 g/mol. The second-order valence-corrected chi connectivity index (χ2v) is 6.17. The van der Waals surface area contributed by atoms with Gasteiger partial charge in [0.1, 0.15) is 0 Å². The summed E-state index contributed by atoms with van der Waals surface area (Å²) in [5.41, 5.74) is 3.64. The zero-order valence-corrected chi connectivity index (χ0v) is 13.7. The summed E-state index contributed by atoms with van der Waals surface area (Å²) in [4.78, 5) is 19.9. The van der Waals surface area contributed by atoms with Crippen LogP contribution in [0.5, 0.6) is 0 Å². The normalized spacial score (nSPS) is 13.6. The zero-order valence-electron chi connectivity index (χ0n) is 13.7. The molecule has 0 spiro atoms. The fraction of sp³-hybridized carbons (Fsp3) is 0.222. The summed E-state index contributed by atoms with van der Waals surface area (Å²) in [5, 5.41) is 16.5. The van der Waals surface area contributed by atoms with E-state index >= 15 is 0 Å². The van der Waals surface area contributed by atoms with Crippen LogP contribution in [-0.4, -0.2) is 30.8 Å². The molecular weight excluding hydrogens is 318 g/mol. The maximum atomic E-state index is 11.0. The number of benzene rings is 1. The molecule has 0 radical (unpaired) electrons. The lowest BCUT2D eigenvalue weighted by atomic mass is 10.1. The quantitative estimate of drug-likeness (QED) is 0.742. The van der Waals surface area contributed by atoms with Crippen LogP contribution in [0.1, 0.15) is 34.8 Å². The van der Waals surface area contributed by atoms with E-state index in [-0.39, 0.29) is 5.56 Å². The minimum absolute atomic E-state index is 0.251. The molecule has 0 amide bonds. The van der Waals surface area contributed by atoms with E-state index in [4.69, 9.17) is 5.11 Å². The summed E-state index contributed by atoms with van der Waals surface area (Å²) in [6.07, 6.45) is 7.84. The Labute approximate surface area is 144 Å². The molecule has 4 rings (SSSR count). The van der Waals surface area contributed by atoms with Crippen LogP contribution < -0.4 is 5.32 Å². The van der Waals surface area contributed by atoms with Gasteiger partial charge in [-0.3, -0.25) is 4.68 Å². The van der Waals surface area contributed by atoms with Gasteiger partial charge in [0, 0.05) is 18.0 Å². The first kappa shape index (κ1) is 15.3. The van der Waals surface area contributed by atoms with Gasteiger partial charge in [-0.15, -0.1) is 0 Å².